The number of nitrogens with zero attached hydrogens (tertiary/aromatic N) is 3. The van der Waals surface area contributed by atoms with Gasteiger partial charge in [0.1, 0.15) is 0 Å². The Bertz CT molecular complexity index is 3890. The lowest BCUT2D eigenvalue weighted by molar-refractivity contribution is 0.793. The molecule has 1 aromatic heterocycles. The van der Waals surface area contributed by atoms with Gasteiger partial charge in [-0.2, -0.15) is 0 Å². The molecule has 1 spiro atoms. The van der Waals surface area contributed by atoms with Gasteiger partial charge in [-0.15, -0.1) is 0 Å². The topological polar surface area (TPSA) is 11.4 Å². The maximum absolute atomic E-state index is 2.54. The van der Waals surface area contributed by atoms with Crippen LogP contribution in [0.25, 0.3) is 60.5 Å². The summed E-state index contributed by atoms with van der Waals surface area (Å²) >= 11 is 0. The van der Waals surface area contributed by atoms with Gasteiger partial charge in [-0.05, 0) is 123 Å². The minimum Gasteiger partial charge on any atom is -0.310 e. The zero-order valence-corrected chi connectivity index (χ0v) is 37.2. The standard InChI is InChI=1S/C65H43N3/c1-4-22-46(23-5-1)66(47-24-6-2-7-25-47)60-36-19-34-58-63(60)55-30-13-16-33-57(55)65(58)56-32-15-12-28-51(56)54-31-18-37-61(64(54)65)67(49-39-38-44-20-10-11-21-45(44)42-49)50-40-41-53-52-29-14-17-35-59(52)68(62(53)43-50)48-26-8-3-9-27-48/h1-43H. The number of benzene rings is 11. The summed E-state index contributed by atoms with van der Waals surface area (Å²) in [7, 11) is 0. The zero-order valence-electron chi connectivity index (χ0n) is 37.2. The van der Waals surface area contributed by atoms with Crippen LogP contribution in [0, 0.1) is 0 Å². The lowest BCUT2D eigenvalue weighted by atomic mass is 9.70. The van der Waals surface area contributed by atoms with E-state index in [1.807, 2.05) is 0 Å². The molecule has 0 radical (unpaired) electrons. The van der Waals surface area contributed by atoms with Crippen molar-refractivity contribution >= 4 is 66.7 Å². The van der Waals surface area contributed by atoms with Crippen molar-refractivity contribution in [3.05, 3.63) is 283 Å². The summed E-state index contributed by atoms with van der Waals surface area (Å²) in [6.07, 6.45) is 0. The molecule has 0 N–H and O–H groups in total. The van der Waals surface area contributed by atoms with Gasteiger partial charge in [-0.25, -0.2) is 0 Å². The molecule has 0 saturated carbocycles. The van der Waals surface area contributed by atoms with Crippen LogP contribution in [0.4, 0.5) is 34.1 Å². The van der Waals surface area contributed by atoms with Gasteiger partial charge in [-0.3, -0.25) is 0 Å². The van der Waals surface area contributed by atoms with Gasteiger partial charge in [-0.1, -0.05) is 182 Å². The minimum atomic E-state index is -0.651. The third kappa shape index (κ3) is 5.47. The van der Waals surface area contributed by atoms with E-state index in [9.17, 15) is 0 Å². The second kappa shape index (κ2) is 15.1. The smallest absolute Gasteiger partial charge is 0.0746 e. The molecule has 0 fully saturated rings. The molecule has 0 aliphatic heterocycles. The maximum Gasteiger partial charge on any atom is 0.0746 e. The number of aromatic nitrogens is 1. The maximum atomic E-state index is 2.54. The van der Waals surface area contributed by atoms with E-state index in [1.165, 1.54) is 71.6 Å². The number of hydrogen-bond acceptors (Lipinski definition) is 2. The predicted molar refractivity (Wildman–Crippen MR) is 284 cm³/mol. The van der Waals surface area contributed by atoms with Crippen molar-refractivity contribution in [1.82, 2.24) is 4.57 Å². The highest BCUT2D eigenvalue weighted by Gasteiger charge is 2.54. The summed E-state index contributed by atoms with van der Waals surface area (Å²) in [4.78, 5) is 4.97. The fourth-order valence-electron chi connectivity index (χ4n) is 11.9. The first kappa shape index (κ1) is 38.4. The number of fused-ring (bicyclic) bond motifs is 14. The Hall–Kier alpha value is -8.92. The van der Waals surface area contributed by atoms with E-state index < -0.39 is 5.41 Å². The van der Waals surface area contributed by atoms with Crippen LogP contribution in [0.1, 0.15) is 22.3 Å². The highest BCUT2D eigenvalue weighted by Crippen LogP contribution is 2.67. The van der Waals surface area contributed by atoms with Crippen molar-refractivity contribution in [2.45, 2.75) is 5.41 Å². The van der Waals surface area contributed by atoms with Crippen LogP contribution in [-0.4, -0.2) is 4.57 Å². The molecule has 0 bridgehead atoms. The van der Waals surface area contributed by atoms with E-state index in [1.54, 1.807) is 0 Å². The summed E-state index contributed by atoms with van der Waals surface area (Å²) in [6.45, 7) is 0. The third-order valence-electron chi connectivity index (χ3n) is 14.5. The van der Waals surface area contributed by atoms with Crippen molar-refractivity contribution in [3.63, 3.8) is 0 Å². The molecule has 0 amide bonds. The van der Waals surface area contributed by atoms with E-state index in [4.69, 9.17) is 0 Å². The molecule has 2 aliphatic rings. The van der Waals surface area contributed by atoms with Crippen LogP contribution in [0.2, 0.25) is 0 Å². The molecule has 1 unspecified atom stereocenters. The molecule has 68 heavy (non-hydrogen) atoms. The van der Waals surface area contributed by atoms with Crippen LogP contribution in [0.5, 0.6) is 0 Å². The number of hydrogen-bond donors (Lipinski definition) is 0. The summed E-state index contributed by atoms with van der Waals surface area (Å²) in [5.74, 6) is 0. The molecule has 1 heterocycles. The lowest BCUT2D eigenvalue weighted by Gasteiger charge is -2.36. The molecule has 3 nitrogen and oxygen atoms in total. The fraction of sp³-hybridized carbons (Fsp3) is 0.0154. The van der Waals surface area contributed by atoms with Gasteiger partial charge in [0.25, 0.3) is 0 Å². The molecule has 1 atom stereocenters. The van der Waals surface area contributed by atoms with Crippen molar-refractivity contribution in [1.29, 1.82) is 0 Å². The van der Waals surface area contributed by atoms with Gasteiger partial charge in [0.2, 0.25) is 0 Å². The normalized spacial score (nSPS) is 14.2. The molecular weight excluding hydrogens is 823 g/mol. The molecule has 11 aromatic carbocycles. The molecule has 12 aromatic rings. The van der Waals surface area contributed by atoms with Crippen LogP contribution in [0.3, 0.4) is 0 Å². The zero-order chi connectivity index (χ0) is 44.8. The average molecular weight is 866 g/mol. The first-order chi connectivity index (χ1) is 33.8. The highest BCUT2D eigenvalue weighted by molar-refractivity contribution is 6.11. The Morgan fingerprint density at radius 2 is 0.838 bits per heavy atom. The van der Waals surface area contributed by atoms with E-state index in [-0.39, 0.29) is 0 Å². The second-order valence-corrected chi connectivity index (χ2v) is 18.0. The summed E-state index contributed by atoms with van der Waals surface area (Å²) in [5.41, 5.74) is 19.7. The Kier molecular flexibility index (Phi) is 8.50. The van der Waals surface area contributed by atoms with Crippen LogP contribution >= 0.6 is 0 Å². The van der Waals surface area contributed by atoms with E-state index in [0.29, 0.717) is 0 Å². The number of rotatable bonds is 7. The van der Waals surface area contributed by atoms with Crippen LogP contribution in [-0.2, 0) is 5.41 Å². The van der Waals surface area contributed by atoms with Crippen molar-refractivity contribution < 1.29 is 0 Å². The van der Waals surface area contributed by atoms with Gasteiger partial charge in [0.15, 0.2) is 0 Å². The lowest BCUT2D eigenvalue weighted by Crippen LogP contribution is -2.28. The Labute approximate surface area is 395 Å². The summed E-state index contributed by atoms with van der Waals surface area (Å²) in [6, 6.07) is 96.3. The number of anilines is 6. The van der Waals surface area contributed by atoms with Gasteiger partial charge in [0, 0.05) is 50.3 Å². The summed E-state index contributed by atoms with van der Waals surface area (Å²) < 4.78 is 2.43. The first-order valence-electron chi connectivity index (χ1n) is 23.5. The third-order valence-corrected chi connectivity index (χ3v) is 14.5. The molecular formula is C65H43N3. The quantitative estimate of drug-likeness (QED) is 0.158. The van der Waals surface area contributed by atoms with Crippen molar-refractivity contribution in [2.24, 2.45) is 0 Å². The molecule has 3 heteroatoms. The van der Waals surface area contributed by atoms with Crippen molar-refractivity contribution in [2.75, 3.05) is 9.80 Å². The predicted octanol–water partition coefficient (Wildman–Crippen LogP) is 17.2. The van der Waals surface area contributed by atoms with Crippen LogP contribution in [0.15, 0.2) is 261 Å². The van der Waals surface area contributed by atoms with Crippen molar-refractivity contribution in [3.8, 4) is 27.9 Å². The molecule has 0 saturated heterocycles. The largest absolute Gasteiger partial charge is 0.310 e. The van der Waals surface area contributed by atoms with Gasteiger partial charge in [0.05, 0.1) is 27.8 Å². The Balaban J connectivity index is 1.09. The molecule has 14 rings (SSSR count). The fourth-order valence-corrected chi connectivity index (χ4v) is 11.9. The minimum absolute atomic E-state index is 0.651. The monoisotopic (exact) mass is 865 g/mol. The highest BCUT2D eigenvalue weighted by atomic mass is 15.2. The first-order valence-corrected chi connectivity index (χ1v) is 23.5. The van der Waals surface area contributed by atoms with E-state index in [2.05, 4.69) is 275 Å². The summed E-state index contributed by atoms with van der Waals surface area (Å²) in [5, 5.41) is 4.87. The second-order valence-electron chi connectivity index (χ2n) is 18.0. The molecule has 318 valence electrons. The van der Waals surface area contributed by atoms with Gasteiger partial charge < -0.3 is 14.4 Å². The number of para-hydroxylation sites is 4. The van der Waals surface area contributed by atoms with E-state index in [0.717, 1.165) is 45.3 Å². The Morgan fingerprint density at radius 1 is 0.309 bits per heavy atom. The average Bonchev–Trinajstić information content (AvgIpc) is 4.02. The van der Waals surface area contributed by atoms with Crippen LogP contribution < -0.4 is 9.80 Å². The van der Waals surface area contributed by atoms with Gasteiger partial charge >= 0.3 is 0 Å². The SMILES string of the molecule is c1ccc(N(c2ccccc2)c2cccc3c2-c2ccccc2C32c3ccccc3-c3cccc(N(c4ccc5ccccc5c4)c4ccc5c6ccccc6n(-c6ccccc6)c5c4)c32)cc1. The van der Waals surface area contributed by atoms with E-state index >= 15 is 0 Å². The molecule has 2 aliphatic carbocycles. The Morgan fingerprint density at radius 3 is 1.62 bits per heavy atom.